The maximum absolute atomic E-state index is 12.8. The second-order valence-electron chi connectivity index (χ2n) is 7.92. The summed E-state index contributed by atoms with van der Waals surface area (Å²) in [6.45, 7) is 5.12. The van der Waals surface area contributed by atoms with Gasteiger partial charge in [0.25, 0.3) is 0 Å². The molecule has 2 aliphatic heterocycles. The van der Waals surface area contributed by atoms with Crippen molar-refractivity contribution in [2.45, 2.75) is 69.4 Å². The molecule has 3 aliphatic rings. The van der Waals surface area contributed by atoms with Gasteiger partial charge in [0.15, 0.2) is 0 Å². The topological polar surface area (TPSA) is 143 Å². The number of carbonyl (C=O) groups excluding carboxylic acids is 2. The number of hydrogen-bond donors (Lipinski definition) is 4. The Balaban J connectivity index is 1.72. The predicted octanol–water partition coefficient (Wildman–Crippen LogP) is -0.126. The standard InChI is InChI=1S/C21H28O9/c1-10-4-3-5-12(6-7-13-11(2)19(26)28-14(13)8-10)20(27)30-21-18(25)17(24)16(23)15(9-22)29-21/h5,8,13-18,21-25H,2-4,6-7,9H2,1H3/b10-8+,12-5-/t13-,14-,15-,16-,17+,18-,21+/m1/s1. The lowest BCUT2D eigenvalue weighted by Gasteiger charge is -2.39. The van der Waals surface area contributed by atoms with E-state index in [1.807, 2.05) is 13.0 Å². The van der Waals surface area contributed by atoms with Gasteiger partial charge < -0.3 is 34.6 Å². The normalized spacial score (nSPS) is 41.0. The summed E-state index contributed by atoms with van der Waals surface area (Å²) in [6.07, 6.45) is -2.34. The summed E-state index contributed by atoms with van der Waals surface area (Å²) in [7, 11) is 0. The number of carbonyl (C=O) groups is 2. The smallest absolute Gasteiger partial charge is 0.336 e. The maximum atomic E-state index is 12.8. The van der Waals surface area contributed by atoms with Crippen molar-refractivity contribution in [2.24, 2.45) is 5.92 Å². The summed E-state index contributed by atoms with van der Waals surface area (Å²) in [4.78, 5) is 24.7. The molecule has 0 aromatic carbocycles. The van der Waals surface area contributed by atoms with Crippen LogP contribution in [0.5, 0.6) is 0 Å². The van der Waals surface area contributed by atoms with Crippen molar-refractivity contribution in [1.29, 1.82) is 0 Å². The molecule has 166 valence electrons. The molecule has 30 heavy (non-hydrogen) atoms. The summed E-state index contributed by atoms with van der Waals surface area (Å²) in [5.41, 5.74) is 1.73. The second-order valence-corrected chi connectivity index (χ2v) is 7.92. The van der Waals surface area contributed by atoms with E-state index in [1.165, 1.54) is 0 Å². The number of aliphatic hydroxyl groups excluding tert-OH is 4. The van der Waals surface area contributed by atoms with E-state index < -0.39 is 55.4 Å². The zero-order valence-electron chi connectivity index (χ0n) is 16.8. The number of fused-ring (bicyclic) bond motifs is 1. The molecular weight excluding hydrogens is 396 g/mol. The van der Waals surface area contributed by atoms with Gasteiger partial charge in [-0.05, 0) is 38.7 Å². The molecule has 9 heteroatoms. The number of aliphatic hydroxyl groups is 4. The average molecular weight is 424 g/mol. The first-order valence-electron chi connectivity index (χ1n) is 10.0. The Morgan fingerprint density at radius 3 is 2.67 bits per heavy atom. The number of ether oxygens (including phenoxy) is 3. The summed E-state index contributed by atoms with van der Waals surface area (Å²) in [5.74, 6) is -1.44. The van der Waals surface area contributed by atoms with Gasteiger partial charge in [-0.2, -0.15) is 0 Å². The van der Waals surface area contributed by atoms with E-state index in [-0.39, 0.29) is 5.92 Å². The molecule has 0 aromatic rings. The van der Waals surface area contributed by atoms with E-state index in [2.05, 4.69) is 6.58 Å². The van der Waals surface area contributed by atoms with Gasteiger partial charge in [-0.3, -0.25) is 0 Å². The fourth-order valence-electron chi connectivity index (χ4n) is 3.90. The third kappa shape index (κ3) is 4.65. The molecular formula is C21H28O9. The van der Waals surface area contributed by atoms with Crippen LogP contribution in [-0.2, 0) is 23.8 Å². The largest absolute Gasteiger partial charge is 0.454 e. The van der Waals surface area contributed by atoms with E-state index in [0.717, 1.165) is 5.57 Å². The van der Waals surface area contributed by atoms with Crippen LogP contribution >= 0.6 is 0 Å². The summed E-state index contributed by atoms with van der Waals surface area (Å²) in [5, 5.41) is 39.1. The lowest BCUT2D eigenvalue weighted by atomic mass is 9.88. The van der Waals surface area contributed by atoms with Crippen molar-refractivity contribution >= 4 is 11.9 Å². The van der Waals surface area contributed by atoms with Crippen molar-refractivity contribution in [1.82, 2.24) is 0 Å². The van der Waals surface area contributed by atoms with Crippen LogP contribution in [0.15, 0.2) is 35.5 Å². The van der Waals surface area contributed by atoms with Gasteiger partial charge in [-0.15, -0.1) is 0 Å². The average Bonchev–Trinajstić information content (AvgIpc) is 2.97. The van der Waals surface area contributed by atoms with Gasteiger partial charge >= 0.3 is 11.9 Å². The summed E-state index contributed by atoms with van der Waals surface area (Å²) >= 11 is 0. The molecule has 9 nitrogen and oxygen atoms in total. The fourth-order valence-corrected chi connectivity index (χ4v) is 3.90. The Morgan fingerprint density at radius 2 is 1.97 bits per heavy atom. The van der Waals surface area contributed by atoms with Gasteiger partial charge in [0.1, 0.15) is 30.5 Å². The van der Waals surface area contributed by atoms with Gasteiger partial charge in [-0.25, -0.2) is 9.59 Å². The minimum Gasteiger partial charge on any atom is -0.454 e. The Bertz CT molecular complexity index is 754. The molecule has 0 amide bonds. The van der Waals surface area contributed by atoms with Gasteiger partial charge in [0.2, 0.25) is 6.29 Å². The van der Waals surface area contributed by atoms with Crippen LogP contribution in [0.4, 0.5) is 0 Å². The van der Waals surface area contributed by atoms with E-state index >= 15 is 0 Å². The molecule has 1 aliphatic carbocycles. The molecule has 0 unspecified atom stereocenters. The molecule has 4 N–H and O–H groups in total. The molecule has 0 bridgehead atoms. The van der Waals surface area contributed by atoms with Crippen LogP contribution in [0.25, 0.3) is 0 Å². The zero-order chi connectivity index (χ0) is 22.0. The molecule has 7 atom stereocenters. The maximum Gasteiger partial charge on any atom is 0.336 e. The van der Waals surface area contributed by atoms with Crippen LogP contribution in [0, 0.1) is 5.92 Å². The lowest BCUT2D eigenvalue weighted by molar-refractivity contribution is -0.291. The first-order chi connectivity index (χ1) is 14.2. The quantitative estimate of drug-likeness (QED) is 0.277. The van der Waals surface area contributed by atoms with Gasteiger partial charge in [0, 0.05) is 17.1 Å². The monoisotopic (exact) mass is 424 g/mol. The van der Waals surface area contributed by atoms with Crippen LogP contribution in [0.1, 0.15) is 32.6 Å². The Labute approximate surface area is 174 Å². The van der Waals surface area contributed by atoms with Crippen LogP contribution < -0.4 is 0 Å². The Hall–Kier alpha value is -2.04. The van der Waals surface area contributed by atoms with Crippen molar-refractivity contribution in [2.75, 3.05) is 6.61 Å². The van der Waals surface area contributed by atoms with E-state index in [1.54, 1.807) is 6.08 Å². The zero-order valence-corrected chi connectivity index (χ0v) is 16.8. The summed E-state index contributed by atoms with van der Waals surface area (Å²) in [6, 6.07) is 0. The Morgan fingerprint density at radius 1 is 1.23 bits per heavy atom. The molecule has 2 heterocycles. The van der Waals surface area contributed by atoms with Crippen molar-refractivity contribution in [3.05, 3.63) is 35.5 Å². The number of rotatable bonds is 3. The molecule has 3 rings (SSSR count). The van der Waals surface area contributed by atoms with Crippen molar-refractivity contribution in [3.8, 4) is 0 Å². The van der Waals surface area contributed by atoms with Crippen molar-refractivity contribution < 1.29 is 44.2 Å². The molecule has 0 saturated carbocycles. The van der Waals surface area contributed by atoms with Crippen molar-refractivity contribution in [3.63, 3.8) is 0 Å². The minimum absolute atomic E-state index is 0.256. The van der Waals surface area contributed by atoms with Crippen LogP contribution in [0.2, 0.25) is 0 Å². The highest BCUT2D eigenvalue weighted by atomic mass is 16.7. The highest BCUT2D eigenvalue weighted by molar-refractivity contribution is 5.91. The molecule has 0 radical (unpaired) electrons. The minimum atomic E-state index is -1.66. The van der Waals surface area contributed by atoms with E-state index in [4.69, 9.17) is 14.2 Å². The third-order valence-electron chi connectivity index (χ3n) is 5.79. The Kier molecular flexibility index (Phi) is 7.10. The first-order valence-corrected chi connectivity index (χ1v) is 10.0. The van der Waals surface area contributed by atoms with Crippen LogP contribution in [0.3, 0.4) is 0 Å². The molecule has 2 saturated heterocycles. The SMILES string of the molecule is C=C1C(=O)O[C@@H]2/C=C(\C)CC/C=C(\C(=O)O[C@@H]3O[C@H](CO)[C@@H](O)[C@H](O)[C@H]3O)CC[C@H]12. The highest BCUT2D eigenvalue weighted by Crippen LogP contribution is 2.34. The highest BCUT2D eigenvalue weighted by Gasteiger charge is 2.45. The van der Waals surface area contributed by atoms with Crippen LogP contribution in [-0.4, -0.2) is 75.8 Å². The van der Waals surface area contributed by atoms with Gasteiger partial charge in [0.05, 0.1) is 6.61 Å². The number of allylic oxidation sites excluding steroid dienone is 2. The number of esters is 2. The van der Waals surface area contributed by atoms with Gasteiger partial charge in [-0.1, -0.05) is 18.2 Å². The van der Waals surface area contributed by atoms with E-state index in [9.17, 15) is 30.0 Å². The lowest BCUT2D eigenvalue weighted by Crippen LogP contribution is -2.59. The predicted molar refractivity (Wildman–Crippen MR) is 103 cm³/mol. The fraction of sp³-hybridized carbons (Fsp3) is 0.619. The third-order valence-corrected chi connectivity index (χ3v) is 5.79. The van der Waals surface area contributed by atoms with E-state index in [0.29, 0.717) is 36.8 Å². The number of hydrogen-bond acceptors (Lipinski definition) is 9. The summed E-state index contributed by atoms with van der Waals surface area (Å²) < 4.78 is 15.9. The second kappa shape index (κ2) is 9.40. The molecule has 0 aromatic heterocycles. The molecule has 0 spiro atoms. The first kappa shape index (κ1) is 22.6. The molecule has 2 fully saturated rings.